The van der Waals surface area contributed by atoms with E-state index in [1.165, 1.54) is 6.07 Å². The Morgan fingerprint density at radius 1 is 1.16 bits per heavy atom. The average molecular weight is 258 g/mol. The van der Waals surface area contributed by atoms with Crippen molar-refractivity contribution in [3.05, 3.63) is 63.7 Å². The summed E-state index contributed by atoms with van der Waals surface area (Å²) in [7, 11) is 0. The summed E-state index contributed by atoms with van der Waals surface area (Å²) in [5.41, 5.74) is 0.704. The highest BCUT2D eigenvalue weighted by molar-refractivity contribution is 5.31. The Kier molecular flexibility index (Phi) is 2.87. The maximum absolute atomic E-state index is 12.0. The van der Waals surface area contributed by atoms with Crippen LogP contribution >= 0.6 is 0 Å². The Bertz CT molecular complexity index is 645. The SMILES string of the molecule is Cc1cc(=O)c2c(o1)[C@H](C)O[C@@H](c1ccccc1)O2. The van der Waals surface area contributed by atoms with Gasteiger partial charge < -0.3 is 13.9 Å². The van der Waals surface area contributed by atoms with Gasteiger partial charge in [0.25, 0.3) is 0 Å². The fourth-order valence-corrected chi connectivity index (χ4v) is 2.14. The minimum atomic E-state index is -0.575. The van der Waals surface area contributed by atoms with Gasteiger partial charge in [-0.3, -0.25) is 4.79 Å². The summed E-state index contributed by atoms with van der Waals surface area (Å²) in [4.78, 5) is 12.0. The lowest BCUT2D eigenvalue weighted by molar-refractivity contribution is -0.148. The standard InChI is InChI=1S/C15H14O4/c1-9-8-12(16)14-13(17-9)10(2)18-15(19-14)11-6-4-3-5-7-11/h3-8,10,15H,1-2H3/t10-,15+/m0/s1. The van der Waals surface area contributed by atoms with E-state index in [9.17, 15) is 4.79 Å². The van der Waals surface area contributed by atoms with Crippen LogP contribution < -0.4 is 10.2 Å². The molecule has 3 rings (SSSR count). The molecule has 0 saturated heterocycles. The van der Waals surface area contributed by atoms with E-state index in [-0.39, 0.29) is 17.3 Å². The lowest BCUT2D eigenvalue weighted by Crippen LogP contribution is -2.25. The van der Waals surface area contributed by atoms with Crippen molar-refractivity contribution in [2.24, 2.45) is 0 Å². The first kappa shape index (κ1) is 12.0. The van der Waals surface area contributed by atoms with Crippen molar-refractivity contribution in [3.63, 3.8) is 0 Å². The molecule has 0 radical (unpaired) electrons. The number of aryl methyl sites for hydroxylation is 1. The van der Waals surface area contributed by atoms with Gasteiger partial charge in [0.1, 0.15) is 11.9 Å². The summed E-state index contributed by atoms with van der Waals surface area (Å²) in [5.74, 6) is 1.26. The molecule has 0 amide bonds. The van der Waals surface area contributed by atoms with Crippen molar-refractivity contribution >= 4 is 0 Å². The number of fused-ring (bicyclic) bond motifs is 1. The molecule has 0 saturated carbocycles. The summed E-state index contributed by atoms with van der Waals surface area (Å²) in [6.07, 6.45) is -0.893. The number of hydrogen-bond acceptors (Lipinski definition) is 4. The monoisotopic (exact) mass is 258 g/mol. The van der Waals surface area contributed by atoms with Crippen LogP contribution in [0.1, 0.15) is 36.4 Å². The molecule has 2 heterocycles. The van der Waals surface area contributed by atoms with Crippen LogP contribution in [0.15, 0.2) is 45.6 Å². The van der Waals surface area contributed by atoms with Gasteiger partial charge in [0, 0.05) is 11.6 Å². The molecule has 0 bridgehead atoms. The predicted octanol–water partition coefficient (Wildman–Crippen LogP) is 3.12. The Balaban J connectivity index is 2.03. The first-order valence-electron chi connectivity index (χ1n) is 6.17. The van der Waals surface area contributed by atoms with Crippen molar-refractivity contribution in [2.45, 2.75) is 26.2 Å². The second-order valence-corrected chi connectivity index (χ2v) is 4.55. The number of benzene rings is 1. The van der Waals surface area contributed by atoms with Gasteiger partial charge in [-0.25, -0.2) is 0 Å². The molecular weight excluding hydrogens is 244 g/mol. The molecule has 0 aliphatic carbocycles. The smallest absolute Gasteiger partial charge is 0.227 e. The van der Waals surface area contributed by atoms with Crippen LogP contribution in [0.4, 0.5) is 0 Å². The van der Waals surface area contributed by atoms with Gasteiger partial charge >= 0.3 is 0 Å². The fraction of sp³-hybridized carbons (Fsp3) is 0.267. The van der Waals surface area contributed by atoms with E-state index in [1.54, 1.807) is 6.92 Å². The first-order valence-corrected chi connectivity index (χ1v) is 6.17. The van der Waals surface area contributed by atoms with Crippen LogP contribution in [-0.4, -0.2) is 0 Å². The molecule has 4 heteroatoms. The summed E-state index contributed by atoms with van der Waals surface area (Å²) >= 11 is 0. The zero-order chi connectivity index (χ0) is 13.4. The van der Waals surface area contributed by atoms with E-state index in [4.69, 9.17) is 13.9 Å². The summed E-state index contributed by atoms with van der Waals surface area (Å²) in [5, 5.41) is 0. The Morgan fingerprint density at radius 2 is 1.89 bits per heavy atom. The van der Waals surface area contributed by atoms with Gasteiger partial charge in [0.15, 0.2) is 5.76 Å². The maximum atomic E-state index is 12.0. The minimum absolute atomic E-state index is 0.171. The molecule has 1 aromatic carbocycles. The molecule has 0 N–H and O–H groups in total. The normalized spacial score (nSPS) is 21.6. The van der Waals surface area contributed by atoms with Crippen LogP contribution in [0, 0.1) is 6.92 Å². The van der Waals surface area contributed by atoms with Crippen molar-refractivity contribution in [1.82, 2.24) is 0 Å². The van der Waals surface area contributed by atoms with Crippen LogP contribution in [-0.2, 0) is 4.74 Å². The van der Waals surface area contributed by atoms with E-state index in [0.717, 1.165) is 5.56 Å². The third-order valence-corrected chi connectivity index (χ3v) is 3.05. The summed E-state index contributed by atoms with van der Waals surface area (Å²) < 4.78 is 16.9. The second kappa shape index (κ2) is 4.55. The van der Waals surface area contributed by atoms with Crippen molar-refractivity contribution in [2.75, 3.05) is 0 Å². The second-order valence-electron chi connectivity index (χ2n) is 4.55. The highest BCUT2D eigenvalue weighted by atomic mass is 16.7. The Labute approximate surface area is 110 Å². The Hall–Kier alpha value is -2.07. The van der Waals surface area contributed by atoms with E-state index in [0.29, 0.717) is 11.5 Å². The largest absolute Gasteiger partial charge is 0.459 e. The molecule has 0 unspecified atom stereocenters. The van der Waals surface area contributed by atoms with Crippen LogP contribution in [0.5, 0.6) is 5.75 Å². The molecular formula is C15H14O4. The summed E-state index contributed by atoms with van der Waals surface area (Å²) in [6, 6.07) is 11.0. The Morgan fingerprint density at radius 3 is 2.63 bits per heavy atom. The third-order valence-electron chi connectivity index (χ3n) is 3.05. The third kappa shape index (κ3) is 2.15. The van der Waals surface area contributed by atoms with Crippen LogP contribution in [0.3, 0.4) is 0 Å². The van der Waals surface area contributed by atoms with E-state index < -0.39 is 6.29 Å². The predicted molar refractivity (Wildman–Crippen MR) is 69.0 cm³/mol. The number of ether oxygens (including phenoxy) is 2. The number of hydrogen-bond donors (Lipinski definition) is 0. The van der Waals surface area contributed by atoms with Crippen LogP contribution in [0.25, 0.3) is 0 Å². The van der Waals surface area contributed by atoms with Gasteiger partial charge in [0.2, 0.25) is 17.5 Å². The van der Waals surface area contributed by atoms with E-state index in [1.807, 2.05) is 37.3 Å². The van der Waals surface area contributed by atoms with Gasteiger partial charge in [-0.2, -0.15) is 0 Å². The molecule has 2 atom stereocenters. The molecule has 4 nitrogen and oxygen atoms in total. The molecule has 98 valence electrons. The molecule has 0 spiro atoms. The molecule has 1 aromatic heterocycles. The molecule has 1 aliphatic heterocycles. The van der Waals surface area contributed by atoms with Gasteiger partial charge in [-0.05, 0) is 13.8 Å². The van der Waals surface area contributed by atoms with Gasteiger partial charge in [-0.1, -0.05) is 30.3 Å². The molecule has 2 aromatic rings. The van der Waals surface area contributed by atoms with Crippen LogP contribution in [0.2, 0.25) is 0 Å². The van der Waals surface area contributed by atoms with Gasteiger partial charge in [-0.15, -0.1) is 0 Å². The lowest BCUT2D eigenvalue weighted by atomic mass is 10.1. The maximum Gasteiger partial charge on any atom is 0.227 e. The first-order chi connectivity index (χ1) is 9.15. The van der Waals surface area contributed by atoms with Gasteiger partial charge in [0.05, 0.1) is 0 Å². The zero-order valence-corrected chi connectivity index (χ0v) is 10.8. The van der Waals surface area contributed by atoms with E-state index in [2.05, 4.69) is 0 Å². The molecule has 1 aliphatic rings. The van der Waals surface area contributed by atoms with Crippen molar-refractivity contribution in [3.8, 4) is 5.75 Å². The van der Waals surface area contributed by atoms with Crippen molar-refractivity contribution in [1.29, 1.82) is 0 Å². The zero-order valence-electron chi connectivity index (χ0n) is 10.8. The number of rotatable bonds is 1. The average Bonchev–Trinajstić information content (AvgIpc) is 2.41. The van der Waals surface area contributed by atoms with Crippen molar-refractivity contribution < 1.29 is 13.9 Å². The highest BCUT2D eigenvalue weighted by Gasteiger charge is 2.31. The topological polar surface area (TPSA) is 48.7 Å². The quantitative estimate of drug-likeness (QED) is 0.788. The highest BCUT2D eigenvalue weighted by Crippen LogP contribution is 2.37. The summed E-state index contributed by atoms with van der Waals surface area (Å²) in [6.45, 7) is 3.58. The molecule has 0 fully saturated rings. The lowest BCUT2D eigenvalue weighted by Gasteiger charge is -2.29. The minimum Gasteiger partial charge on any atom is -0.459 e. The fourth-order valence-electron chi connectivity index (χ4n) is 2.14. The molecule has 19 heavy (non-hydrogen) atoms. The van der Waals surface area contributed by atoms with E-state index >= 15 is 0 Å².